The van der Waals surface area contributed by atoms with Crippen LogP contribution in [0.1, 0.15) is 16.7 Å². The topological polar surface area (TPSA) is 3.24 Å². The van der Waals surface area contributed by atoms with E-state index in [1.165, 1.54) is 22.4 Å². The summed E-state index contributed by atoms with van der Waals surface area (Å²) in [4.78, 5) is 2.14. The fourth-order valence-electron chi connectivity index (χ4n) is 1.43. The Labute approximate surface area is 86.2 Å². The van der Waals surface area contributed by atoms with Crippen molar-refractivity contribution in [1.82, 2.24) is 0 Å². The van der Waals surface area contributed by atoms with Crippen LogP contribution in [0.5, 0.6) is 0 Å². The second kappa shape index (κ2) is 4.05. The molecule has 1 aromatic carbocycles. The van der Waals surface area contributed by atoms with E-state index in [1.807, 2.05) is 0 Å². The van der Waals surface area contributed by atoms with Crippen LogP contribution < -0.4 is 4.90 Å². The number of rotatable bonds is 2. The molecule has 0 spiro atoms. The van der Waals surface area contributed by atoms with E-state index in [-0.39, 0.29) is 0 Å². The van der Waals surface area contributed by atoms with Crippen LogP contribution in [0.2, 0.25) is 0 Å². The Morgan fingerprint density at radius 3 is 2.15 bits per heavy atom. The zero-order valence-corrected chi connectivity index (χ0v) is 9.65. The minimum atomic E-state index is 0.753. The van der Waals surface area contributed by atoms with Crippen LogP contribution in [0.15, 0.2) is 12.1 Å². The van der Waals surface area contributed by atoms with Crippen LogP contribution in [-0.2, 0) is 0 Å². The van der Waals surface area contributed by atoms with Crippen molar-refractivity contribution in [2.75, 3.05) is 17.8 Å². The fraction of sp³-hybridized carbons (Fsp3) is 0.455. The van der Waals surface area contributed by atoms with Gasteiger partial charge in [0.05, 0.1) is 5.88 Å². The summed E-state index contributed by atoms with van der Waals surface area (Å²) < 4.78 is 0. The summed E-state index contributed by atoms with van der Waals surface area (Å²) in [5, 5.41) is 0. The van der Waals surface area contributed by atoms with Gasteiger partial charge >= 0.3 is 0 Å². The molecule has 0 aliphatic heterocycles. The molecule has 0 bridgehead atoms. The molecule has 0 amide bonds. The smallest absolute Gasteiger partial charge is 0.0607 e. The fourth-order valence-corrected chi connectivity index (χ4v) is 1.59. The number of nitrogens with zero attached hydrogens (tertiary/aromatic N) is 1. The van der Waals surface area contributed by atoms with Gasteiger partial charge in [-0.3, -0.25) is 0 Å². The highest BCUT2D eigenvalue weighted by molar-refractivity contribution is 7.80. The second-order valence-corrected chi connectivity index (χ2v) is 3.85. The molecule has 0 saturated heterocycles. The lowest BCUT2D eigenvalue weighted by Gasteiger charge is -2.20. The summed E-state index contributed by atoms with van der Waals surface area (Å²) in [6.45, 7) is 6.43. The van der Waals surface area contributed by atoms with Crippen LogP contribution in [0.4, 0.5) is 5.69 Å². The summed E-state index contributed by atoms with van der Waals surface area (Å²) in [5.74, 6) is 0.753. The second-order valence-electron chi connectivity index (χ2n) is 3.56. The zero-order valence-electron chi connectivity index (χ0n) is 8.76. The van der Waals surface area contributed by atoms with Gasteiger partial charge < -0.3 is 4.90 Å². The van der Waals surface area contributed by atoms with Crippen molar-refractivity contribution in [3.63, 3.8) is 0 Å². The van der Waals surface area contributed by atoms with Gasteiger partial charge in [-0.2, -0.15) is 12.6 Å². The van der Waals surface area contributed by atoms with Crippen molar-refractivity contribution in [2.45, 2.75) is 20.8 Å². The lowest BCUT2D eigenvalue weighted by molar-refractivity contribution is 1.08. The molecule has 0 unspecified atom stereocenters. The Bertz CT molecular complexity index is 307. The third-order valence-electron chi connectivity index (χ3n) is 2.44. The summed E-state index contributed by atoms with van der Waals surface area (Å²) in [6.07, 6.45) is 0. The third-order valence-corrected chi connectivity index (χ3v) is 2.86. The van der Waals surface area contributed by atoms with E-state index in [2.05, 4.69) is 57.5 Å². The molecule has 0 aliphatic carbocycles. The van der Waals surface area contributed by atoms with Gasteiger partial charge in [0.1, 0.15) is 0 Å². The molecule has 2 heteroatoms. The number of aryl methyl sites for hydroxylation is 3. The number of hydrogen-bond donors (Lipinski definition) is 1. The van der Waals surface area contributed by atoms with Gasteiger partial charge in [0.2, 0.25) is 0 Å². The Balaban J connectivity index is 3.15. The van der Waals surface area contributed by atoms with E-state index in [4.69, 9.17) is 0 Å². The average molecular weight is 195 g/mol. The molecule has 0 saturated carbocycles. The molecule has 1 aromatic rings. The summed E-state index contributed by atoms with van der Waals surface area (Å²) in [6, 6.07) is 4.45. The number of anilines is 1. The average Bonchev–Trinajstić information content (AvgIpc) is 2.10. The lowest BCUT2D eigenvalue weighted by atomic mass is 10.0. The van der Waals surface area contributed by atoms with E-state index in [0.717, 1.165) is 5.88 Å². The molecule has 72 valence electrons. The van der Waals surface area contributed by atoms with Crippen molar-refractivity contribution in [3.8, 4) is 0 Å². The predicted octanol–water partition coefficient (Wildman–Crippen LogP) is 2.94. The van der Waals surface area contributed by atoms with Crippen LogP contribution in [0.25, 0.3) is 0 Å². The van der Waals surface area contributed by atoms with Gasteiger partial charge in [0.25, 0.3) is 0 Å². The molecule has 13 heavy (non-hydrogen) atoms. The molecular formula is C11H17NS. The normalized spacial score (nSPS) is 10.2. The summed E-state index contributed by atoms with van der Waals surface area (Å²) in [5.41, 5.74) is 5.29. The van der Waals surface area contributed by atoms with Gasteiger partial charge in [-0.25, -0.2) is 0 Å². The van der Waals surface area contributed by atoms with E-state index in [1.54, 1.807) is 0 Å². The van der Waals surface area contributed by atoms with Gasteiger partial charge in [0, 0.05) is 12.7 Å². The molecule has 1 rings (SSSR count). The van der Waals surface area contributed by atoms with Gasteiger partial charge in [-0.1, -0.05) is 6.07 Å². The van der Waals surface area contributed by atoms with Crippen molar-refractivity contribution >= 4 is 18.3 Å². The standard InChI is InChI=1S/C11H17NS/c1-8-5-10(3)11(6-9(8)2)12(4)7-13/h5-6,13H,7H2,1-4H3. The van der Waals surface area contributed by atoms with Gasteiger partial charge in [-0.05, 0) is 43.5 Å². The highest BCUT2D eigenvalue weighted by Crippen LogP contribution is 2.23. The van der Waals surface area contributed by atoms with E-state index >= 15 is 0 Å². The molecule has 0 radical (unpaired) electrons. The monoisotopic (exact) mass is 195 g/mol. The number of thiol groups is 1. The Hall–Kier alpha value is -0.630. The number of hydrogen-bond acceptors (Lipinski definition) is 2. The molecule has 0 fully saturated rings. The molecule has 0 heterocycles. The molecule has 1 nitrogen and oxygen atoms in total. The lowest BCUT2D eigenvalue weighted by Crippen LogP contribution is -2.15. The maximum Gasteiger partial charge on any atom is 0.0607 e. The van der Waals surface area contributed by atoms with E-state index < -0.39 is 0 Å². The molecule has 0 aliphatic rings. The molecule has 0 atom stereocenters. The maximum atomic E-state index is 4.26. The maximum absolute atomic E-state index is 4.26. The third kappa shape index (κ3) is 2.19. The molecule has 0 N–H and O–H groups in total. The first-order valence-electron chi connectivity index (χ1n) is 4.46. The number of benzene rings is 1. The first-order valence-corrected chi connectivity index (χ1v) is 5.09. The van der Waals surface area contributed by atoms with E-state index in [9.17, 15) is 0 Å². The van der Waals surface area contributed by atoms with E-state index in [0.29, 0.717) is 0 Å². The van der Waals surface area contributed by atoms with Crippen molar-refractivity contribution < 1.29 is 0 Å². The van der Waals surface area contributed by atoms with Gasteiger partial charge in [-0.15, -0.1) is 0 Å². The zero-order chi connectivity index (χ0) is 10.0. The molecular weight excluding hydrogens is 178 g/mol. The molecule has 0 aromatic heterocycles. The SMILES string of the molecule is Cc1cc(C)c(N(C)CS)cc1C. The highest BCUT2D eigenvalue weighted by Gasteiger charge is 2.04. The van der Waals surface area contributed by atoms with Crippen LogP contribution in [0.3, 0.4) is 0 Å². The Morgan fingerprint density at radius 1 is 1.08 bits per heavy atom. The first-order chi connectivity index (χ1) is 6.06. The van der Waals surface area contributed by atoms with Gasteiger partial charge in [0.15, 0.2) is 0 Å². The van der Waals surface area contributed by atoms with Crippen LogP contribution in [0, 0.1) is 20.8 Å². The minimum absolute atomic E-state index is 0.753. The van der Waals surface area contributed by atoms with Crippen LogP contribution >= 0.6 is 12.6 Å². The van der Waals surface area contributed by atoms with Crippen molar-refractivity contribution in [3.05, 3.63) is 28.8 Å². The highest BCUT2D eigenvalue weighted by atomic mass is 32.1. The summed E-state index contributed by atoms with van der Waals surface area (Å²) in [7, 11) is 2.06. The largest absolute Gasteiger partial charge is 0.365 e. The van der Waals surface area contributed by atoms with Crippen molar-refractivity contribution in [1.29, 1.82) is 0 Å². The summed E-state index contributed by atoms with van der Waals surface area (Å²) >= 11 is 4.26. The minimum Gasteiger partial charge on any atom is -0.365 e. The Morgan fingerprint density at radius 2 is 1.62 bits per heavy atom. The first kappa shape index (κ1) is 10.5. The quantitative estimate of drug-likeness (QED) is 0.561. The Kier molecular flexibility index (Phi) is 3.26. The van der Waals surface area contributed by atoms with Crippen LogP contribution in [-0.4, -0.2) is 12.9 Å². The predicted molar refractivity (Wildman–Crippen MR) is 62.9 cm³/mol. The van der Waals surface area contributed by atoms with Crippen molar-refractivity contribution in [2.24, 2.45) is 0 Å².